The summed E-state index contributed by atoms with van der Waals surface area (Å²) in [7, 11) is -3.12. The standard InChI is InChI=1S/C67H43N3O2Si/c1-4-19-44(20-5-1)51-42-53(46-23-8-3-9-24-46)54(43-52(51)45-21-6-2-7-22-45)48-37-35-47(36-38-48)50-25-18-34-65-66(50)72-60-31-15-17-33-63(60)73(65)62-32-16-14-30-59(62)71-61-41-49(39-40-64(61)73)69-57-28-12-13-29-58(57)70-56-27-11-10-26-55(56)68-67(69)70/h1-43H. The van der Waals surface area contributed by atoms with Crippen LogP contribution in [0, 0.1) is 0 Å². The Kier molecular flexibility index (Phi) is 9.21. The van der Waals surface area contributed by atoms with Gasteiger partial charge in [0.1, 0.15) is 23.0 Å². The van der Waals surface area contributed by atoms with Gasteiger partial charge in [0.2, 0.25) is 5.78 Å². The Labute approximate surface area is 423 Å². The van der Waals surface area contributed by atoms with Crippen molar-refractivity contribution >= 4 is 56.7 Å². The lowest BCUT2D eigenvalue weighted by Crippen LogP contribution is -2.77. The van der Waals surface area contributed by atoms with Gasteiger partial charge in [-0.25, -0.2) is 4.98 Å². The van der Waals surface area contributed by atoms with Crippen molar-refractivity contribution in [2.24, 2.45) is 0 Å². The summed E-state index contributed by atoms with van der Waals surface area (Å²) in [4.78, 5) is 5.21. The van der Waals surface area contributed by atoms with Crippen LogP contribution in [0.3, 0.4) is 0 Å². The molecule has 4 heterocycles. The number of hydrogen-bond acceptors (Lipinski definition) is 3. The SMILES string of the molecule is c1ccc(-c2cc(-c3ccccc3)c(-c3ccc(-c4cccc5c4Oc4ccccc4[Si]54c5ccccc5Oc5cc(-n6c7ccccc7n7c8ccccc8nc67)ccc54)cc3)cc2-c2ccccc2)cc1. The van der Waals surface area contributed by atoms with Crippen molar-refractivity contribution in [2.75, 3.05) is 0 Å². The summed E-state index contributed by atoms with van der Waals surface area (Å²) in [6.45, 7) is 0. The highest BCUT2D eigenvalue weighted by Crippen LogP contribution is 2.45. The Morgan fingerprint density at radius 3 is 1.40 bits per heavy atom. The highest BCUT2D eigenvalue weighted by molar-refractivity contribution is 7.21. The largest absolute Gasteiger partial charge is 0.457 e. The number of imidazole rings is 2. The predicted octanol–water partition coefficient (Wildman–Crippen LogP) is 14.4. The first-order valence-corrected chi connectivity index (χ1v) is 26.9. The third-order valence-corrected chi connectivity index (χ3v) is 20.0. The molecule has 0 aliphatic carbocycles. The maximum Gasteiger partial charge on any atom is 0.220 e. The summed E-state index contributed by atoms with van der Waals surface area (Å²) >= 11 is 0. The Balaban J connectivity index is 0.907. The first kappa shape index (κ1) is 41.3. The molecule has 0 radical (unpaired) electrons. The molecule has 342 valence electrons. The fourth-order valence-corrected chi connectivity index (χ4v) is 17.0. The van der Waals surface area contributed by atoms with E-state index in [1.807, 2.05) is 0 Å². The first-order valence-electron chi connectivity index (χ1n) is 24.9. The third-order valence-electron chi connectivity index (χ3n) is 15.1. The lowest BCUT2D eigenvalue weighted by molar-refractivity contribution is 0.482. The van der Waals surface area contributed by atoms with E-state index in [4.69, 9.17) is 14.5 Å². The zero-order valence-electron chi connectivity index (χ0n) is 39.5. The minimum atomic E-state index is -3.12. The van der Waals surface area contributed by atoms with E-state index in [-0.39, 0.29) is 0 Å². The summed E-state index contributed by atoms with van der Waals surface area (Å²) in [5.41, 5.74) is 16.8. The van der Waals surface area contributed by atoms with Gasteiger partial charge in [0.15, 0.2) is 8.07 Å². The number of fused-ring (bicyclic) bond motifs is 13. The monoisotopic (exact) mass is 949 g/mol. The molecular weight excluding hydrogens is 907 g/mol. The van der Waals surface area contributed by atoms with E-state index in [1.165, 1.54) is 59.7 Å². The molecule has 0 fully saturated rings. The predicted molar refractivity (Wildman–Crippen MR) is 300 cm³/mol. The molecule has 1 spiro atoms. The molecular formula is C67H43N3O2Si. The molecule has 73 heavy (non-hydrogen) atoms. The number of aromatic nitrogens is 3. The van der Waals surface area contributed by atoms with Crippen LogP contribution in [0.15, 0.2) is 261 Å². The average molecular weight is 950 g/mol. The topological polar surface area (TPSA) is 40.7 Å². The van der Waals surface area contributed by atoms with Gasteiger partial charge in [-0.05, 0) is 125 Å². The molecule has 0 N–H and O–H groups in total. The molecule has 1 unspecified atom stereocenters. The molecule has 6 heteroatoms. The molecule has 5 nitrogen and oxygen atoms in total. The van der Waals surface area contributed by atoms with Gasteiger partial charge < -0.3 is 9.47 Å². The molecule has 0 saturated carbocycles. The van der Waals surface area contributed by atoms with Gasteiger partial charge in [-0.3, -0.25) is 8.97 Å². The van der Waals surface area contributed by atoms with E-state index < -0.39 is 8.07 Å². The minimum absolute atomic E-state index is 0.842. The summed E-state index contributed by atoms with van der Waals surface area (Å²) in [6, 6.07) is 93.9. The van der Waals surface area contributed by atoms with Gasteiger partial charge in [0, 0.05) is 11.6 Å². The minimum Gasteiger partial charge on any atom is -0.457 e. The molecule has 15 rings (SSSR count). The molecule has 0 saturated heterocycles. The van der Waals surface area contributed by atoms with Crippen LogP contribution >= 0.6 is 0 Å². The summed E-state index contributed by atoms with van der Waals surface area (Å²) < 4.78 is 18.8. The number of rotatable bonds is 6. The van der Waals surface area contributed by atoms with Gasteiger partial charge >= 0.3 is 0 Å². The molecule has 13 aromatic rings. The van der Waals surface area contributed by atoms with E-state index in [9.17, 15) is 0 Å². The average Bonchev–Trinajstić information content (AvgIpc) is 4.03. The second kappa shape index (κ2) is 16.3. The summed E-state index contributed by atoms with van der Waals surface area (Å²) in [5, 5.41) is 4.78. The third kappa shape index (κ3) is 6.24. The van der Waals surface area contributed by atoms with E-state index in [0.29, 0.717) is 0 Å². The zero-order chi connectivity index (χ0) is 48.0. The van der Waals surface area contributed by atoms with E-state index in [1.54, 1.807) is 0 Å². The second-order valence-electron chi connectivity index (χ2n) is 19.0. The smallest absolute Gasteiger partial charge is 0.220 e. The number of para-hydroxylation sites is 7. The first-order chi connectivity index (χ1) is 36.2. The van der Waals surface area contributed by atoms with Crippen LogP contribution in [-0.4, -0.2) is 22.0 Å². The fourth-order valence-electron chi connectivity index (χ4n) is 11.9. The highest BCUT2D eigenvalue weighted by atomic mass is 28.3. The van der Waals surface area contributed by atoms with Crippen LogP contribution in [0.2, 0.25) is 0 Å². The van der Waals surface area contributed by atoms with Crippen molar-refractivity contribution < 1.29 is 9.47 Å². The fraction of sp³-hybridized carbons (Fsp3) is 0. The van der Waals surface area contributed by atoms with Crippen molar-refractivity contribution in [3.8, 4) is 84.3 Å². The van der Waals surface area contributed by atoms with Crippen LogP contribution in [0.1, 0.15) is 0 Å². The highest BCUT2D eigenvalue weighted by Gasteiger charge is 2.53. The summed E-state index contributed by atoms with van der Waals surface area (Å²) in [5.74, 6) is 4.33. The second-order valence-corrected chi connectivity index (χ2v) is 22.6. The van der Waals surface area contributed by atoms with Crippen molar-refractivity contribution in [1.29, 1.82) is 0 Å². The summed E-state index contributed by atoms with van der Waals surface area (Å²) in [6.07, 6.45) is 0. The maximum absolute atomic E-state index is 7.22. The molecule has 1 atom stereocenters. The van der Waals surface area contributed by atoms with Crippen LogP contribution in [-0.2, 0) is 0 Å². The molecule has 2 aliphatic heterocycles. The van der Waals surface area contributed by atoms with Gasteiger partial charge in [0.05, 0.1) is 27.8 Å². The van der Waals surface area contributed by atoms with Crippen LogP contribution in [0.25, 0.3) is 89.2 Å². The quantitative estimate of drug-likeness (QED) is 0.156. The Morgan fingerprint density at radius 1 is 0.315 bits per heavy atom. The normalized spacial score (nSPS) is 14.3. The Morgan fingerprint density at radius 2 is 0.781 bits per heavy atom. The van der Waals surface area contributed by atoms with Gasteiger partial charge in [0.25, 0.3) is 0 Å². The van der Waals surface area contributed by atoms with Crippen LogP contribution in [0.4, 0.5) is 0 Å². The Bertz CT molecular complexity index is 4300. The van der Waals surface area contributed by atoms with E-state index >= 15 is 0 Å². The van der Waals surface area contributed by atoms with Gasteiger partial charge in [-0.1, -0.05) is 200 Å². The van der Waals surface area contributed by atoms with Crippen molar-refractivity contribution in [3.63, 3.8) is 0 Å². The molecule has 11 aromatic carbocycles. The number of ether oxygens (including phenoxy) is 2. The van der Waals surface area contributed by atoms with Crippen LogP contribution < -0.4 is 30.2 Å². The molecule has 0 bridgehead atoms. The van der Waals surface area contributed by atoms with E-state index in [0.717, 1.165) is 73.2 Å². The zero-order valence-corrected chi connectivity index (χ0v) is 40.5. The molecule has 2 aromatic heterocycles. The van der Waals surface area contributed by atoms with Crippen molar-refractivity contribution in [2.45, 2.75) is 0 Å². The van der Waals surface area contributed by atoms with Crippen molar-refractivity contribution in [1.82, 2.24) is 14.0 Å². The van der Waals surface area contributed by atoms with Crippen molar-refractivity contribution in [3.05, 3.63) is 261 Å². The molecule has 0 amide bonds. The Hall–Kier alpha value is -9.49. The number of nitrogens with zero attached hydrogens (tertiary/aromatic N) is 3. The number of benzene rings is 11. The number of hydrogen-bond donors (Lipinski definition) is 0. The van der Waals surface area contributed by atoms with Gasteiger partial charge in [-0.15, -0.1) is 0 Å². The lowest BCUT2D eigenvalue weighted by Gasteiger charge is -2.43. The van der Waals surface area contributed by atoms with Crippen LogP contribution in [0.5, 0.6) is 23.0 Å². The van der Waals surface area contributed by atoms with Gasteiger partial charge in [-0.2, -0.15) is 0 Å². The molecule has 2 aliphatic rings. The van der Waals surface area contributed by atoms with E-state index in [2.05, 4.69) is 270 Å². The lowest BCUT2D eigenvalue weighted by atomic mass is 9.85. The maximum atomic E-state index is 7.22.